The average molecular weight is 355 g/mol. The van der Waals surface area contributed by atoms with Gasteiger partial charge in [0.25, 0.3) is 0 Å². The molecule has 1 aliphatic heterocycles. The number of pyridine rings is 1. The Balaban J connectivity index is 1.78. The van der Waals surface area contributed by atoms with Gasteiger partial charge in [-0.25, -0.2) is 9.78 Å². The second kappa shape index (κ2) is 8.67. The quantitative estimate of drug-likeness (QED) is 0.579. The lowest BCUT2D eigenvalue weighted by Crippen LogP contribution is -2.46. The molecule has 1 fully saturated rings. The van der Waals surface area contributed by atoms with Gasteiger partial charge in [-0.3, -0.25) is 0 Å². The number of carbonyl (C=O) groups is 1. The minimum Gasteiger partial charge on any atom is -0.444 e. The highest BCUT2D eigenvalue weighted by Gasteiger charge is 2.30. The number of amides is 1. The fourth-order valence-electron chi connectivity index (χ4n) is 2.76. The fourth-order valence-corrected chi connectivity index (χ4v) is 2.87. The van der Waals surface area contributed by atoms with Crippen molar-refractivity contribution in [1.82, 2.24) is 9.88 Å². The van der Waals surface area contributed by atoms with E-state index < -0.39 is 5.60 Å². The molecule has 0 saturated carbocycles. The Morgan fingerprint density at radius 3 is 2.83 bits per heavy atom. The number of rotatable bonds is 5. The van der Waals surface area contributed by atoms with E-state index in [9.17, 15) is 4.79 Å². The van der Waals surface area contributed by atoms with Gasteiger partial charge < -0.3 is 14.4 Å². The third-order valence-electron chi connectivity index (χ3n) is 3.91. The molecule has 0 N–H and O–H groups in total. The average Bonchev–Trinajstić information content (AvgIpc) is 2.52. The van der Waals surface area contributed by atoms with Crippen LogP contribution in [0, 0.1) is 0 Å². The summed E-state index contributed by atoms with van der Waals surface area (Å²) >= 11 is 5.76. The van der Waals surface area contributed by atoms with Crippen LogP contribution in [0.1, 0.15) is 52.0 Å². The van der Waals surface area contributed by atoms with E-state index in [4.69, 9.17) is 21.1 Å². The zero-order chi connectivity index (χ0) is 17.6. The van der Waals surface area contributed by atoms with Crippen LogP contribution in [-0.2, 0) is 16.1 Å². The Labute approximate surface area is 149 Å². The smallest absolute Gasteiger partial charge is 0.410 e. The van der Waals surface area contributed by atoms with Crippen LogP contribution < -0.4 is 0 Å². The predicted molar refractivity (Wildman–Crippen MR) is 94.1 cm³/mol. The van der Waals surface area contributed by atoms with E-state index in [0.717, 1.165) is 37.8 Å². The zero-order valence-corrected chi connectivity index (χ0v) is 15.5. The summed E-state index contributed by atoms with van der Waals surface area (Å²) in [7, 11) is 0. The molecule has 134 valence electrons. The van der Waals surface area contributed by atoms with Gasteiger partial charge in [-0.1, -0.05) is 17.7 Å². The van der Waals surface area contributed by atoms with Crippen molar-refractivity contribution in [2.75, 3.05) is 13.2 Å². The lowest BCUT2D eigenvalue weighted by Gasteiger charge is -2.36. The van der Waals surface area contributed by atoms with Crippen molar-refractivity contribution in [3.8, 4) is 0 Å². The number of hydrogen-bond donors (Lipinski definition) is 0. The van der Waals surface area contributed by atoms with Gasteiger partial charge in [-0.05, 0) is 58.1 Å². The number of nitrogens with zero attached hydrogens (tertiary/aromatic N) is 2. The third-order valence-corrected chi connectivity index (χ3v) is 4.13. The number of carbonyl (C=O) groups excluding carboxylic acids is 1. The molecule has 1 atom stereocenters. The minimum atomic E-state index is -0.461. The van der Waals surface area contributed by atoms with Crippen molar-refractivity contribution < 1.29 is 14.3 Å². The van der Waals surface area contributed by atoms with Crippen LogP contribution in [0.15, 0.2) is 18.3 Å². The van der Waals surface area contributed by atoms with Gasteiger partial charge in [0, 0.05) is 25.4 Å². The molecule has 1 aromatic heterocycles. The molecule has 2 rings (SSSR count). The lowest BCUT2D eigenvalue weighted by molar-refractivity contribution is 0.00378. The lowest BCUT2D eigenvalue weighted by atomic mass is 10.0. The van der Waals surface area contributed by atoms with E-state index in [0.29, 0.717) is 18.4 Å². The van der Waals surface area contributed by atoms with Crippen molar-refractivity contribution in [3.05, 3.63) is 29.0 Å². The molecule has 1 unspecified atom stereocenters. The van der Waals surface area contributed by atoms with Crippen LogP contribution in [0.25, 0.3) is 0 Å². The normalized spacial score (nSPS) is 18.5. The first-order valence-corrected chi connectivity index (χ1v) is 8.91. The number of aromatic nitrogens is 1. The first-order chi connectivity index (χ1) is 11.3. The second-order valence-corrected chi connectivity index (χ2v) is 7.54. The molecular weight excluding hydrogens is 328 g/mol. The predicted octanol–water partition coefficient (Wildman–Crippen LogP) is 4.43. The van der Waals surface area contributed by atoms with Crippen molar-refractivity contribution >= 4 is 17.7 Å². The van der Waals surface area contributed by atoms with Crippen LogP contribution in [-0.4, -0.2) is 40.8 Å². The summed E-state index contributed by atoms with van der Waals surface area (Å²) < 4.78 is 11.2. The molecule has 1 saturated heterocycles. The maximum absolute atomic E-state index is 12.4. The largest absolute Gasteiger partial charge is 0.444 e. The van der Waals surface area contributed by atoms with Crippen molar-refractivity contribution in [3.63, 3.8) is 0 Å². The molecule has 0 radical (unpaired) electrons. The Morgan fingerprint density at radius 2 is 2.17 bits per heavy atom. The Kier molecular flexibility index (Phi) is 6.87. The van der Waals surface area contributed by atoms with E-state index in [1.165, 1.54) is 0 Å². The maximum Gasteiger partial charge on any atom is 0.410 e. The van der Waals surface area contributed by atoms with Gasteiger partial charge in [-0.2, -0.15) is 0 Å². The molecular formula is C18H27ClN2O3. The third kappa shape index (κ3) is 6.29. The minimum absolute atomic E-state index is 0.192. The summed E-state index contributed by atoms with van der Waals surface area (Å²) in [5.41, 5.74) is 0.531. The number of halogens is 1. The monoisotopic (exact) mass is 354 g/mol. The van der Waals surface area contributed by atoms with E-state index in [1.54, 1.807) is 12.3 Å². The van der Waals surface area contributed by atoms with Gasteiger partial charge in [0.1, 0.15) is 10.8 Å². The summed E-state index contributed by atoms with van der Waals surface area (Å²) in [6.45, 7) is 7.56. The SMILES string of the molecule is CC(C)(C)OC(=O)N1CCCCC1CCOCc1ccc(Cl)nc1. The molecule has 1 aliphatic rings. The van der Waals surface area contributed by atoms with Crippen LogP contribution >= 0.6 is 11.6 Å². The molecule has 1 aromatic rings. The van der Waals surface area contributed by atoms with Crippen LogP contribution in [0.3, 0.4) is 0 Å². The summed E-state index contributed by atoms with van der Waals surface area (Å²) in [5, 5.41) is 0.481. The molecule has 2 heterocycles. The highest BCUT2D eigenvalue weighted by atomic mass is 35.5. The first-order valence-electron chi connectivity index (χ1n) is 8.53. The van der Waals surface area contributed by atoms with Crippen LogP contribution in [0.2, 0.25) is 5.15 Å². The Hall–Kier alpha value is -1.33. The number of ether oxygens (including phenoxy) is 2. The van der Waals surface area contributed by atoms with Gasteiger partial charge in [0.15, 0.2) is 0 Å². The molecule has 1 amide bonds. The fraction of sp³-hybridized carbons (Fsp3) is 0.667. The molecule has 24 heavy (non-hydrogen) atoms. The Bertz CT molecular complexity index is 528. The standard InChI is InChI=1S/C18H27ClN2O3/c1-18(2,3)24-17(22)21-10-5-4-6-15(21)9-11-23-13-14-7-8-16(19)20-12-14/h7-8,12,15H,4-6,9-11,13H2,1-3H3. The van der Waals surface area contributed by atoms with Crippen LogP contribution in [0.4, 0.5) is 4.79 Å². The summed E-state index contributed by atoms with van der Waals surface area (Å²) in [6, 6.07) is 3.85. The van der Waals surface area contributed by atoms with E-state index in [2.05, 4.69) is 4.98 Å². The molecule has 0 aromatic carbocycles. The van der Waals surface area contributed by atoms with Gasteiger partial charge in [-0.15, -0.1) is 0 Å². The second-order valence-electron chi connectivity index (χ2n) is 7.15. The first kappa shape index (κ1) is 19.0. The summed E-state index contributed by atoms with van der Waals surface area (Å²) in [5.74, 6) is 0. The molecule has 0 aliphatic carbocycles. The van der Waals surface area contributed by atoms with Crippen LogP contribution in [0.5, 0.6) is 0 Å². The van der Waals surface area contributed by atoms with E-state index in [1.807, 2.05) is 31.7 Å². The molecule has 6 heteroatoms. The number of likely N-dealkylation sites (tertiary alicyclic amines) is 1. The molecule has 0 bridgehead atoms. The van der Waals surface area contributed by atoms with Crippen molar-refractivity contribution in [1.29, 1.82) is 0 Å². The van der Waals surface area contributed by atoms with Gasteiger partial charge >= 0.3 is 6.09 Å². The van der Waals surface area contributed by atoms with Crippen molar-refractivity contribution in [2.45, 2.75) is 64.7 Å². The highest BCUT2D eigenvalue weighted by molar-refractivity contribution is 6.29. The van der Waals surface area contributed by atoms with E-state index in [-0.39, 0.29) is 12.1 Å². The zero-order valence-electron chi connectivity index (χ0n) is 14.8. The van der Waals surface area contributed by atoms with Gasteiger partial charge in [0.05, 0.1) is 6.61 Å². The van der Waals surface area contributed by atoms with Gasteiger partial charge in [0.2, 0.25) is 0 Å². The number of piperidine rings is 1. The molecule has 0 spiro atoms. The summed E-state index contributed by atoms with van der Waals surface area (Å²) in [6.07, 6.45) is 5.51. The Morgan fingerprint density at radius 1 is 1.38 bits per heavy atom. The summed E-state index contributed by atoms with van der Waals surface area (Å²) in [4.78, 5) is 18.2. The highest BCUT2D eigenvalue weighted by Crippen LogP contribution is 2.22. The molecule has 5 nitrogen and oxygen atoms in total. The topological polar surface area (TPSA) is 51.7 Å². The van der Waals surface area contributed by atoms with Crippen molar-refractivity contribution in [2.24, 2.45) is 0 Å². The number of hydrogen-bond acceptors (Lipinski definition) is 4. The van der Waals surface area contributed by atoms with E-state index >= 15 is 0 Å². The maximum atomic E-state index is 12.4.